The first-order valence-corrected chi connectivity index (χ1v) is 7.92. The number of aromatic nitrogens is 1. The van der Waals surface area contributed by atoms with E-state index in [4.69, 9.17) is 10.7 Å². The van der Waals surface area contributed by atoms with Gasteiger partial charge in [0.15, 0.2) is 0 Å². The Morgan fingerprint density at radius 1 is 1.50 bits per heavy atom. The molecular formula is C12H22N2S2. The van der Waals surface area contributed by atoms with Gasteiger partial charge in [-0.15, -0.1) is 11.3 Å². The minimum Gasteiger partial charge on any atom is -0.330 e. The topological polar surface area (TPSA) is 38.9 Å². The van der Waals surface area contributed by atoms with Crippen molar-refractivity contribution in [2.45, 2.75) is 44.8 Å². The van der Waals surface area contributed by atoms with Crippen molar-refractivity contribution < 1.29 is 0 Å². The van der Waals surface area contributed by atoms with Crippen molar-refractivity contribution in [2.24, 2.45) is 5.73 Å². The molecule has 4 heteroatoms. The number of thiazole rings is 1. The van der Waals surface area contributed by atoms with Crippen molar-refractivity contribution in [1.82, 2.24) is 4.98 Å². The van der Waals surface area contributed by atoms with Crippen LogP contribution in [-0.4, -0.2) is 17.3 Å². The zero-order chi connectivity index (χ0) is 12.0. The number of nitrogens with zero attached hydrogens (tertiary/aromatic N) is 1. The Bertz CT molecular complexity index is 306. The van der Waals surface area contributed by atoms with Crippen LogP contribution in [0.1, 0.15) is 44.3 Å². The molecule has 1 heterocycles. The summed E-state index contributed by atoms with van der Waals surface area (Å²) in [6.45, 7) is 7.26. The van der Waals surface area contributed by atoms with E-state index in [1.54, 1.807) is 11.3 Å². The summed E-state index contributed by atoms with van der Waals surface area (Å²) >= 11 is 3.73. The maximum Gasteiger partial charge on any atom is 0.103 e. The fraction of sp³-hybridized carbons (Fsp3) is 0.750. The normalized spacial score (nSPS) is 15.0. The molecule has 0 saturated heterocycles. The van der Waals surface area contributed by atoms with Gasteiger partial charge in [-0.05, 0) is 18.6 Å². The smallest absolute Gasteiger partial charge is 0.103 e. The van der Waals surface area contributed by atoms with E-state index in [1.807, 2.05) is 11.8 Å². The molecule has 1 unspecified atom stereocenters. The van der Waals surface area contributed by atoms with E-state index in [-0.39, 0.29) is 5.41 Å². The molecule has 0 aromatic carbocycles. The second-order valence-electron chi connectivity index (χ2n) is 4.30. The fourth-order valence-corrected chi connectivity index (χ4v) is 3.32. The lowest BCUT2D eigenvalue weighted by atomic mass is 9.85. The average molecular weight is 258 g/mol. The molecule has 1 aromatic heterocycles. The molecule has 0 aliphatic rings. The van der Waals surface area contributed by atoms with Crippen molar-refractivity contribution in [3.05, 3.63) is 16.1 Å². The molecule has 0 amide bonds. The molecule has 1 aromatic rings. The quantitative estimate of drug-likeness (QED) is 0.762. The van der Waals surface area contributed by atoms with Crippen LogP contribution in [0, 0.1) is 0 Å². The van der Waals surface area contributed by atoms with Crippen LogP contribution < -0.4 is 5.73 Å². The Morgan fingerprint density at radius 2 is 2.25 bits per heavy atom. The molecule has 2 nitrogen and oxygen atoms in total. The Morgan fingerprint density at radius 3 is 2.81 bits per heavy atom. The van der Waals surface area contributed by atoms with Gasteiger partial charge >= 0.3 is 0 Å². The largest absolute Gasteiger partial charge is 0.330 e. The maximum atomic E-state index is 5.84. The van der Waals surface area contributed by atoms with Crippen molar-refractivity contribution in [3.8, 4) is 0 Å². The summed E-state index contributed by atoms with van der Waals surface area (Å²) in [6, 6.07) is 0. The van der Waals surface area contributed by atoms with Crippen molar-refractivity contribution >= 4 is 23.1 Å². The zero-order valence-electron chi connectivity index (χ0n) is 10.5. The standard InChI is InChI=1S/C12H22N2S2/c1-4-6-15-8-11-14-10(7-16-11)12(3,5-2)9-13/h7H,4-6,8-9,13H2,1-3H3. The summed E-state index contributed by atoms with van der Waals surface area (Å²) in [5.41, 5.74) is 7.08. The number of nitrogens with two attached hydrogens (primary N) is 1. The van der Waals surface area contributed by atoms with Gasteiger partial charge in [0.1, 0.15) is 5.01 Å². The van der Waals surface area contributed by atoms with Gasteiger partial charge < -0.3 is 5.73 Å². The highest BCUT2D eigenvalue weighted by Gasteiger charge is 2.25. The van der Waals surface area contributed by atoms with Crippen LogP contribution in [-0.2, 0) is 11.2 Å². The van der Waals surface area contributed by atoms with Crippen molar-refractivity contribution in [3.63, 3.8) is 0 Å². The van der Waals surface area contributed by atoms with Crippen molar-refractivity contribution in [1.29, 1.82) is 0 Å². The number of hydrogen-bond acceptors (Lipinski definition) is 4. The molecule has 1 rings (SSSR count). The van der Waals surface area contributed by atoms with Crippen LogP contribution in [0.25, 0.3) is 0 Å². The van der Waals surface area contributed by atoms with Gasteiger partial charge in [-0.2, -0.15) is 11.8 Å². The summed E-state index contributed by atoms with van der Waals surface area (Å²) in [6.07, 6.45) is 2.28. The van der Waals surface area contributed by atoms with Crippen LogP contribution in [0.3, 0.4) is 0 Å². The second-order valence-corrected chi connectivity index (χ2v) is 6.35. The molecule has 16 heavy (non-hydrogen) atoms. The highest BCUT2D eigenvalue weighted by molar-refractivity contribution is 7.98. The minimum absolute atomic E-state index is 0.0597. The van der Waals surface area contributed by atoms with Gasteiger partial charge in [0, 0.05) is 23.1 Å². The van der Waals surface area contributed by atoms with Gasteiger partial charge in [-0.3, -0.25) is 0 Å². The third-order valence-corrected chi connectivity index (χ3v) is 5.18. The highest BCUT2D eigenvalue weighted by Crippen LogP contribution is 2.28. The van der Waals surface area contributed by atoms with E-state index in [0.717, 1.165) is 12.2 Å². The highest BCUT2D eigenvalue weighted by atomic mass is 32.2. The lowest BCUT2D eigenvalue weighted by Gasteiger charge is -2.23. The summed E-state index contributed by atoms with van der Waals surface area (Å²) in [5, 5.41) is 3.42. The lowest BCUT2D eigenvalue weighted by Crippen LogP contribution is -2.31. The van der Waals surface area contributed by atoms with Gasteiger partial charge in [-0.25, -0.2) is 4.98 Å². The molecule has 0 spiro atoms. The number of rotatable bonds is 7. The summed E-state index contributed by atoms with van der Waals surface area (Å²) in [7, 11) is 0. The first-order valence-electron chi connectivity index (χ1n) is 5.89. The number of hydrogen-bond donors (Lipinski definition) is 1. The molecule has 0 saturated carbocycles. The van der Waals surface area contributed by atoms with Gasteiger partial charge in [-0.1, -0.05) is 20.8 Å². The minimum atomic E-state index is 0.0597. The molecule has 0 fully saturated rings. The lowest BCUT2D eigenvalue weighted by molar-refractivity contribution is 0.455. The van der Waals surface area contributed by atoms with Crippen molar-refractivity contribution in [2.75, 3.05) is 12.3 Å². The van der Waals surface area contributed by atoms with E-state index < -0.39 is 0 Å². The fourth-order valence-electron chi connectivity index (χ4n) is 1.39. The van der Waals surface area contributed by atoms with E-state index >= 15 is 0 Å². The zero-order valence-corrected chi connectivity index (χ0v) is 12.1. The molecule has 92 valence electrons. The predicted octanol–water partition coefficient (Wildman–Crippen LogP) is 3.41. The summed E-state index contributed by atoms with van der Waals surface area (Å²) < 4.78 is 0. The van der Waals surface area contributed by atoms with Crippen LogP contribution in [0.2, 0.25) is 0 Å². The Hall–Kier alpha value is -0.0600. The van der Waals surface area contributed by atoms with E-state index in [2.05, 4.69) is 26.2 Å². The van der Waals surface area contributed by atoms with Crippen LogP contribution >= 0.6 is 23.1 Å². The SMILES string of the molecule is CCCSCc1nc(C(C)(CC)CN)cs1. The molecule has 0 aliphatic heterocycles. The Labute approximate surface area is 107 Å². The van der Waals surface area contributed by atoms with Gasteiger partial charge in [0.2, 0.25) is 0 Å². The monoisotopic (exact) mass is 258 g/mol. The first kappa shape index (κ1) is 14.0. The number of thioether (sulfide) groups is 1. The Balaban J connectivity index is 2.63. The summed E-state index contributed by atoms with van der Waals surface area (Å²) in [5.74, 6) is 2.26. The van der Waals surface area contributed by atoms with Crippen LogP contribution in [0.5, 0.6) is 0 Å². The molecule has 0 aliphatic carbocycles. The molecule has 2 N–H and O–H groups in total. The molecule has 0 radical (unpaired) electrons. The predicted molar refractivity (Wildman–Crippen MR) is 75.3 cm³/mol. The van der Waals surface area contributed by atoms with E-state index in [9.17, 15) is 0 Å². The third kappa shape index (κ3) is 3.47. The third-order valence-electron chi connectivity index (χ3n) is 2.97. The molecule has 0 bridgehead atoms. The second kappa shape index (κ2) is 6.62. The average Bonchev–Trinajstić information content (AvgIpc) is 2.78. The van der Waals surface area contributed by atoms with E-state index in [1.165, 1.54) is 22.9 Å². The van der Waals surface area contributed by atoms with Crippen LogP contribution in [0.15, 0.2) is 5.38 Å². The van der Waals surface area contributed by atoms with E-state index in [0.29, 0.717) is 6.54 Å². The first-order chi connectivity index (χ1) is 7.66. The molecule has 1 atom stereocenters. The maximum absolute atomic E-state index is 5.84. The Kier molecular flexibility index (Phi) is 5.79. The van der Waals surface area contributed by atoms with Crippen LogP contribution in [0.4, 0.5) is 0 Å². The molecular weight excluding hydrogens is 236 g/mol. The summed E-state index contributed by atoms with van der Waals surface area (Å²) in [4.78, 5) is 4.71. The van der Waals surface area contributed by atoms with Gasteiger partial charge in [0.05, 0.1) is 5.69 Å². The van der Waals surface area contributed by atoms with Gasteiger partial charge in [0.25, 0.3) is 0 Å².